The molecule has 0 aromatic heterocycles. The third kappa shape index (κ3) is 4.02. The van der Waals surface area contributed by atoms with Crippen molar-refractivity contribution >= 4 is 11.9 Å². The van der Waals surface area contributed by atoms with Crippen LogP contribution in [0.25, 0.3) is 0 Å². The van der Waals surface area contributed by atoms with Crippen LogP contribution in [0.15, 0.2) is 12.7 Å². The van der Waals surface area contributed by atoms with E-state index in [2.05, 4.69) is 11.5 Å². The summed E-state index contributed by atoms with van der Waals surface area (Å²) in [7, 11) is 0. The van der Waals surface area contributed by atoms with Gasteiger partial charge in [-0.1, -0.05) is 39.3 Å². The van der Waals surface area contributed by atoms with E-state index in [0.717, 1.165) is 0 Å². The fourth-order valence-corrected chi connectivity index (χ4v) is 1.53. The molecule has 5 heteroatoms. The van der Waals surface area contributed by atoms with E-state index in [0.29, 0.717) is 12.8 Å². The molecule has 16 heavy (non-hydrogen) atoms. The third-order valence-electron chi connectivity index (χ3n) is 2.46. The van der Waals surface area contributed by atoms with Gasteiger partial charge in [-0.15, -0.1) is 0 Å². The Morgan fingerprint density at radius 3 is 2.25 bits per heavy atom. The minimum absolute atomic E-state index is 0.0359. The van der Waals surface area contributed by atoms with Crippen molar-refractivity contribution in [1.29, 1.82) is 0 Å². The molecule has 1 N–H and O–H groups in total. The van der Waals surface area contributed by atoms with E-state index in [-0.39, 0.29) is 12.5 Å². The van der Waals surface area contributed by atoms with Crippen molar-refractivity contribution in [2.24, 2.45) is 11.8 Å². The Hall–Kier alpha value is -1.36. The van der Waals surface area contributed by atoms with E-state index in [1.807, 2.05) is 13.8 Å². The van der Waals surface area contributed by atoms with E-state index >= 15 is 0 Å². The molecule has 0 radical (unpaired) electrons. The van der Waals surface area contributed by atoms with Gasteiger partial charge >= 0.3 is 11.9 Å². The number of ether oxygens (including phenoxy) is 1. The molecule has 0 aromatic carbocycles. The zero-order chi connectivity index (χ0) is 12.6. The minimum Gasteiger partial charge on any atom is -0.461 e. The van der Waals surface area contributed by atoms with E-state index in [9.17, 15) is 9.59 Å². The van der Waals surface area contributed by atoms with Crippen LogP contribution in [0.4, 0.5) is 0 Å². The maximum atomic E-state index is 11.6. The van der Waals surface area contributed by atoms with Gasteiger partial charge in [-0.3, -0.25) is 4.79 Å². The topological polar surface area (TPSA) is 72.8 Å². The van der Waals surface area contributed by atoms with Crippen LogP contribution in [-0.2, 0) is 19.2 Å². The Kier molecular flexibility index (Phi) is 7.20. The molecule has 0 saturated heterocycles. The first-order valence-corrected chi connectivity index (χ1v) is 5.25. The lowest BCUT2D eigenvalue weighted by Gasteiger charge is -2.20. The van der Waals surface area contributed by atoms with E-state index in [1.54, 1.807) is 0 Å². The summed E-state index contributed by atoms with van der Waals surface area (Å²) >= 11 is 0. The molecule has 92 valence electrons. The van der Waals surface area contributed by atoms with Gasteiger partial charge in [-0.25, -0.2) is 4.79 Å². The van der Waals surface area contributed by atoms with Crippen molar-refractivity contribution < 1.29 is 24.5 Å². The first kappa shape index (κ1) is 14.6. The second-order valence-corrected chi connectivity index (χ2v) is 3.38. The molecule has 0 saturated carbocycles. The average Bonchev–Trinajstić information content (AvgIpc) is 2.31. The molecule has 0 bridgehead atoms. The van der Waals surface area contributed by atoms with Gasteiger partial charge in [0.1, 0.15) is 6.61 Å². The zero-order valence-electron chi connectivity index (χ0n) is 9.64. The smallest absolute Gasteiger partial charge is 0.356 e. The summed E-state index contributed by atoms with van der Waals surface area (Å²) < 4.78 is 4.79. The Morgan fingerprint density at radius 1 is 1.31 bits per heavy atom. The molecule has 0 rings (SSSR count). The van der Waals surface area contributed by atoms with E-state index in [4.69, 9.17) is 9.99 Å². The molecule has 0 aliphatic heterocycles. The normalized spacial score (nSPS) is 12.0. The Balaban J connectivity index is 4.70. The molecule has 1 unspecified atom stereocenters. The molecular formula is C11H18O5. The lowest BCUT2D eigenvalue weighted by Crippen LogP contribution is -2.33. The van der Waals surface area contributed by atoms with Crippen molar-refractivity contribution in [2.75, 3.05) is 6.61 Å². The van der Waals surface area contributed by atoms with Gasteiger partial charge in [-0.2, -0.15) is 5.26 Å². The molecule has 0 aromatic rings. The van der Waals surface area contributed by atoms with Crippen LogP contribution in [0.1, 0.15) is 26.7 Å². The van der Waals surface area contributed by atoms with Crippen LogP contribution in [0.5, 0.6) is 0 Å². The van der Waals surface area contributed by atoms with Gasteiger partial charge < -0.3 is 9.62 Å². The van der Waals surface area contributed by atoms with E-state index in [1.165, 1.54) is 6.08 Å². The summed E-state index contributed by atoms with van der Waals surface area (Å²) in [6.45, 7) is 7.14. The van der Waals surface area contributed by atoms with E-state index < -0.39 is 17.9 Å². The third-order valence-corrected chi connectivity index (χ3v) is 2.46. The van der Waals surface area contributed by atoms with Crippen LogP contribution in [0.3, 0.4) is 0 Å². The van der Waals surface area contributed by atoms with Gasteiger partial charge in [0.05, 0.1) is 0 Å². The monoisotopic (exact) mass is 230 g/mol. The highest BCUT2D eigenvalue weighted by molar-refractivity contribution is 5.95. The number of hydrogen-bond acceptors (Lipinski definition) is 5. The van der Waals surface area contributed by atoms with Gasteiger partial charge in [0, 0.05) is 0 Å². The number of hydrogen-bond donors (Lipinski definition) is 1. The zero-order valence-corrected chi connectivity index (χ0v) is 9.64. The molecular weight excluding hydrogens is 212 g/mol. The molecule has 0 fully saturated rings. The van der Waals surface area contributed by atoms with Gasteiger partial charge in [0.15, 0.2) is 5.92 Å². The highest BCUT2D eigenvalue weighted by Gasteiger charge is 2.36. The van der Waals surface area contributed by atoms with Crippen molar-refractivity contribution in [2.45, 2.75) is 26.7 Å². The summed E-state index contributed by atoms with van der Waals surface area (Å²) in [6.07, 6.45) is 2.66. The second kappa shape index (κ2) is 7.87. The standard InChI is InChI=1S/C11H18O5/c1-4-7-15-10(12)9(11(13)16-14)8(5-2)6-3/h4,8-9,14H,1,5-7H2,2-3H3. The molecule has 0 aliphatic carbocycles. The maximum absolute atomic E-state index is 11.6. The second-order valence-electron chi connectivity index (χ2n) is 3.38. The summed E-state index contributed by atoms with van der Waals surface area (Å²) in [6, 6.07) is 0. The number of carbonyl (C=O) groups is 2. The Bertz CT molecular complexity index is 245. The highest BCUT2D eigenvalue weighted by Crippen LogP contribution is 2.22. The summed E-state index contributed by atoms with van der Waals surface area (Å²) in [4.78, 5) is 26.5. The van der Waals surface area contributed by atoms with Crippen LogP contribution in [0.2, 0.25) is 0 Å². The van der Waals surface area contributed by atoms with Crippen molar-refractivity contribution in [3.05, 3.63) is 12.7 Å². The first-order valence-electron chi connectivity index (χ1n) is 5.25. The fourth-order valence-electron chi connectivity index (χ4n) is 1.53. The largest absolute Gasteiger partial charge is 0.461 e. The molecule has 0 amide bonds. The Labute approximate surface area is 95.0 Å². The average molecular weight is 230 g/mol. The quantitative estimate of drug-likeness (QED) is 0.237. The van der Waals surface area contributed by atoms with Crippen LogP contribution < -0.4 is 0 Å². The minimum atomic E-state index is -1.07. The van der Waals surface area contributed by atoms with Crippen molar-refractivity contribution in [1.82, 2.24) is 0 Å². The Morgan fingerprint density at radius 2 is 1.88 bits per heavy atom. The lowest BCUT2D eigenvalue weighted by atomic mass is 9.88. The summed E-state index contributed by atoms with van der Waals surface area (Å²) in [5, 5.41) is 8.34. The number of carbonyl (C=O) groups excluding carboxylic acids is 2. The highest BCUT2D eigenvalue weighted by atomic mass is 17.1. The molecule has 1 atom stereocenters. The fraction of sp³-hybridized carbons (Fsp3) is 0.636. The van der Waals surface area contributed by atoms with Crippen LogP contribution in [0, 0.1) is 11.8 Å². The number of esters is 1. The molecule has 0 heterocycles. The van der Waals surface area contributed by atoms with Gasteiger partial charge in [-0.05, 0) is 5.92 Å². The van der Waals surface area contributed by atoms with Crippen molar-refractivity contribution in [3.8, 4) is 0 Å². The molecule has 0 spiro atoms. The van der Waals surface area contributed by atoms with Crippen LogP contribution >= 0.6 is 0 Å². The van der Waals surface area contributed by atoms with Crippen LogP contribution in [-0.4, -0.2) is 23.8 Å². The first-order chi connectivity index (χ1) is 7.62. The SMILES string of the molecule is C=CCOC(=O)C(C(=O)OO)C(CC)CC. The number of rotatable bonds is 7. The maximum Gasteiger partial charge on any atom is 0.356 e. The molecule has 0 aliphatic rings. The molecule has 5 nitrogen and oxygen atoms in total. The van der Waals surface area contributed by atoms with Gasteiger partial charge in [0.25, 0.3) is 0 Å². The van der Waals surface area contributed by atoms with Gasteiger partial charge in [0.2, 0.25) is 0 Å². The van der Waals surface area contributed by atoms with Crippen molar-refractivity contribution in [3.63, 3.8) is 0 Å². The summed E-state index contributed by atoms with van der Waals surface area (Å²) in [5.74, 6) is -2.92. The summed E-state index contributed by atoms with van der Waals surface area (Å²) in [5.41, 5.74) is 0. The lowest BCUT2D eigenvalue weighted by molar-refractivity contribution is -0.241. The predicted octanol–water partition coefficient (Wildman–Crippen LogP) is 1.78. The predicted molar refractivity (Wildman–Crippen MR) is 57.4 cm³/mol.